The Balaban J connectivity index is 1.61. The Morgan fingerprint density at radius 1 is 1.12 bits per heavy atom. The van der Waals surface area contributed by atoms with Crippen LogP contribution in [0.5, 0.6) is 5.75 Å². The van der Waals surface area contributed by atoms with Gasteiger partial charge in [0, 0.05) is 22.6 Å². The molecule has 5 heteroatoms. The molecule has 0 aliphatic carbocycles. The molecular formula is C21H17ClN2O2. The highest BCUT2D eigenvalue weighted by molar-refractivity contribution is 6.30. The predicted molar refractivity (Wildman–Crippen MR) is 100 cm³/mol. The number of fused-ring (bicyclic) bond motifs is 3. The Bertz CT molecular complexity index is 980. The number of nitrogens with zero attached hydrogens (tertiary/aromatic N) is 2. The number of aryl methyl sites for hydroxylation is 1. The van der Waals surface area contributed by atoms with Gasteiger partial charge in [0.25, 0.3) is 0 Å². The summed E-state index contributed by atoms with van der Waals surface area (Å²) in [7, 11) is 0. The molecule has 0 fully saturated rings. The van der Waals surface area contributed by atoms with Crippen molar-refractivity contribution >= 4 is 17.3 Å². The molecule has 0 amide bonds. The van der Waals surface area contributed by atoms with Crippen molar-refractivity contribution in [2.75, 3.05) is 0 Å². The van der Waals surface area contributed by atoms with Crippen LogP contribution in [0.3, 0.4) is 0 Å². The highest BCUT2D eigenvalue weighted by atomic mass is 35.5. The van der Waals surface area contributed by atoms with E-state index in [4.69, 9.17) is 25.9 Å². The highest BCUT2D eigenvalue weighted by Gasteiger charge is 2.41. The van der Waals surface area contributed by atoms with Crippen LogP contribution >= 0.6 is 11.6 Å². The van der Waals surface area contributed by atoms with Gasteiger partial charge in [-0.25, -0.2) is 5.01 Å². The fourth-order valence-electron chi connectivity index (χ4n) is 3.60. The van der Waals surface area contributed by atoms with Crippen molar-refractivity contribution in [2.24, 2.45) is 5.10 Å². The molecule has 0 saturated carbocycles. The van der Waals surface area contributed by atoms with Crippen molar-refractivity contribution in [1.29, 1.82) is 0 Å². The summed E-state index contributed by atoms with van der Waals surface area (Å²) in [6.45, 7) is 2.08. The van der Waals surface area contributed by atoms with E-state index in [1.807, 2.05) is 35.3 Å². The summed E-state index contributed by atoms with van der Waals surface area (Å²) in [5.74, 6) is 1.66. The van der Waals surface area contributed by atoms with Gasteiger partial charge in [-0.15, -0.1) is 0 Å². The molecule has 1 aromatic heterocycles. The molecule has 0 saturated heterocycles. The summed E-state index contributed by atoms with van der Waals surface area (Å²) in [6, 6.07) is 18.1. The third-order valence-electron chi connectivity index (χ3n) is 4.92. The second kappa shape index (κ2) is 5.92. The molecule has 3 aromatic rings. The fraction of sp³-hybridized carbons (Fsp3) is 0.190. The lowest BCUT2D eigenvalue weighted by molar-refractivity contribution is -0.0190. The molecule has 130 valence electrons. The molecule has 4 nitrogen and oxygen atoms in total. The van der Waals surface area contributed by atoms with Gasteiger partial charge >= 0.3 is 0 Å². The maximum absolute atomic E-state index is 6.32. The number of rotatable bonds is 2. The molecule has 2 atom stereocenters. The Morgan fingerprint density at radius 2 is 1.96 bits per heavy atom. The Hall–Kier alpha value is -2.72. The second-order valence-electron chi connectivity index (χ2n) is 6.69. The van der Waals surface area contributed by atoms with Gasteiger partial charge in [0.15, 0.2) is 0 Å². The van der Waals surface area contributed by atoms with Crippen LogP contribution in [0.1, 0.15) is 41.1 Å². The number of halogens is 1. The molecule has 0 spiro atoms. The van der Waals surface area contributed by atoms with Crippen LogP contribution in [0.2, 0.25) is 5.02 Å². The number of hydrogen-bond acceptors (Lipinski definition) is 4. The molecule has 0 radical (unpaired) electrons. The van der Waals surface area contributed by atoms with E-state index < -0.39 is 0 Å². The molecule has 0 N–H and O–H groups in total. The first kappa shape index (κ1) is 15.5. The summed E-state index contributed by atoms with van der Waals surface area (Å²) >= 11 is 6.24. The topological polar surface area (TPSA) is 38.0 Å². The van der Waals surface area contributed by atoms with Crippen LogP contribution in [0.25, 0.3) is 0 Å². The molecule has 0 unspecified atom stereocenters. The highest BCUT2D eigenvalue weighted by Crippen LogP contribution is 2.48. The largest absolute Gasteiger partial charge is 0.464 e. The van der Waals surface area contributed by atoms with Crippen molar-refractivity contribution in [3.05, 3.63) is 88.3 Å². The Labute approximate surface area is 156 Å². The van der Waals surface area contributed by atoms with Crippen LogP contribution in [0.15, 0.2) is 70.4 Å². The lowest BCUT2D eigenvalue weighted by Gasteiger charge is -2.38. The van der Waals surface area contributed by atoms with E-state index in [-0.39, 0.29) is 12.3 Å². The summed E-state index contributed by atoms with van der Waals surface area (Å²) in [4.78, 5) is 0. The predicted octanol–water partition coefficient (Wildman–Crippen LogP) is 5.48. The maximum Gasteiger partial charge on any atom is 0.213 e. The first-order chi connectivity index (χ1) is 12.7. The van der Waals surface area contributed by atoms with Gasteiger partial charge in [-0.3, -0.25) is 0 Å². The van der Waals surface area contributed by atoms with Gasteiger partial charge in [-0.1, -0.05) is 41.4 Å². The minimum absolute atomic E-state index is 0.0730. The van der Waals surface area contributed by atoms with Crippen LogP contribution in [0, 0.1) is 6.92 Å². The van der Waals surface area contributed by atoms with Gasteiger partial charge in [0.1, 0.15) is 17.2 Å². The van der Waals surface area contributed by atoms with Crippen molar-refractivity contribution < 1.29 is 9.15 Å². The standard InChI is InChI=1S/C21H17ClN2O2/c1-13-4-6-14(7-5-13)21-24-18(12-17(23-24)20-3-2-10-25-20)16-11-15(22)8-9-19(16)26-21/h2-11,18,21H,12H2,1H3/t18-,21-/m1/s1. The molecule has 3 heterocycles. The first-order valence-electron chi connectivity index (χ1n) is 8.61. The third kappa shape index (κ3) is 2.49. The quantitative estimate of drug-likeness (QED) is 0.604. The lowest BCUT2D eigenvalue weighted by Crippen LogP contribution is -2.33. The average Bonchev–Trinajstić information content (AvgIpc) is 3.32. The van der Waals surface area contributed by atoms with Crippen molar-refractivity contribution in [3.63, 3.8) is 0 Å². The summed E-state index contributed by atoms with van der Waals surface area (Å²) < 4.78 is 11.9. The fourth-order valence-corrected chi connectivity index (χ4v) is 3.78. The minimum Gasteiger partial charge on any atom is -0.464 e. The third-order valence-corrected chi connectivity index (χ3v) is 5.16. The van der Waals surface area contributed by atoms with E-state index >= 15 is 0 Å². The molecular weight excluding hydrogens is 348 g/mol. The number of furan rings is 1. The van der Waals surface area contributed by atoms with Crippen LogP contribution in [-0.2, 0) is 0 Å². The van der Waals surface area contributed by atoms with E-state index in [2.05, 4.69) is 31.2 Å². The molecule has 26 heavy (non-hydrogen) atoms. The van der Waals surface area contributed by atoms with Crippen LogP contribution in [-0.4, -0.2) is 10.7 Å². The molecule has 2 aliphatic heterocycles. The monoisotopic (exact) mass is 364 g/mol. The molecule has 2 aromatic carbocycles. The van der Waals surface area contributed by atoms with Crippen molar-refractivity contribution in [1.82, 2.24) is 5.01 Å². The van der Waals surface area contributed by atoms with Gasteiger partial charge in [0.05, 0.1) is 12.3 Å². The number of hydrazone groups is 1. The number of benzene rings is 2. The SMILES string of the molecule is Cc1ccc([C@H]2Oc3ccc(Cl)cc3[C@H]3CC(c4ccco4)=NN32)cc1. The summed E-state index contributed by atoms with van der Waals surface area (Å²) in [6.07, 6.45) is 2.15. The summed E-state index contributed by atoms with van der Waals surface area (Å²) in [5, 5.41) is 7.58. The number of hydrogen-bond donors (Lipinski definition) is 0. The van der Waals surface area contributed by atoms with Gasteiger partial charge in [0.2, 0.25) is 6.23 Å². The van der Waals surface area contributed by atoms with Crippen LogP contribution in [0.4, 0.5) is 0 Å². The number of ether oxygens (including phenoxy) is 1. The van der Waals surface area contributed by atoms with E-state index in [0.29, 0.717) is 5.02 Å². The van der Waals surface area contributed by atoms with E-state index in [0.717, 1.165) is 34.8 Å². The van der Waals surface area contributed by atoms with E-state index in [1.54, 1.807) is 6.26 Å². The smallest absolute Gasteiger partial charge is 0.213 e. The zero-order valence-electron chi connectivity index (χ0n) is 14.2. The molecule has 0 bridgehead atoms. The lowest BCUT2D eigenvalue weighted by atomic mass is 9.97. The van der Waals surface area contributed by atoms with Crippen molar-refractivity contribution in [3.8, 4) is 5.75 Å². The zero-order valence-corrected chi connectivity index (χ0v) is 15.0. The average molecular weight is 365 g/mol. The minimum atomic E-state index is -0.276. The van der Waals surface area contributed by atoms with Gasteiger partial charge in [-0.2, -0.15) is 5.10 Å². The zero-order chi connectivity index (χ0) is 17.7. The maximum atomic E-state index is 6.32. The molecule has 5 rings (SSSR count). The van der Waals surface area contributed by atoms with Crippen molar-refractivity contribution in [2.45, 2.75) is 25.6 Å². The second-order valence-corrected chi connectivity index (χ2v) is 7.12. The van der Waals surface area contributed by atoms with Crippen LogP contribution < -0.4 is 4.74 Å². The molecule has 2 aliphatic rings. The normalized spacial score (nSPS) is 21.0. The van der Waals surface area contributed by atoms with Gasteiger partial charge in [-0.05, 0) is 37.3 Å². The van der Waals surface area contributed by atoms with Gasteiger partial charge < -0.3 is 9.15 Å². The Kier molecular flexibility index (Phi) is 3.54. The van der Waals surface area contributed by atoms with E-state index in [1.165, 1.54) is 5.56 Å². The Morgan fingerprint density at radius 3 is 2.73 bits per heavy atom. The van der Waals surface area contributed by atoms with E-state index in [9.17, 15) is 0 Å². The first-order valence-corrected chi connectivity index (χ1v) is 8.99. The summed E-state index contributed by atoms with van der Waals surface area (Å²) in [5.41, 5.74) is 4.28.